The molecule has 6 atom stereocenters. The number of esters is 2. The zero-order chi connectivity index (χ0) is 41.8. The highest BCUT2D eigenvalue weighted by atomic mass is 16.7. The smallest absolute Gasteiger partial charge is 0.335 e. The predicted octanol–water partition coefficient (Wildman–Crippen LogP) is 9.82. The number of carbonyl (C=O) groups excluding carboxylic acids is 2. The maximum atomic E-state index is 12.8. The maximum Gasteiger partial charge on any atom is 0.335 e. The lowest BCUT2D eigenvalue weighted by Gasteiger charge is -2.38. The third-order valence-corrected chi connectivity index (χ3v) is 10.6. The molecular formula is C46H82O11. The molecule has 11 nitrogen and oxygen atoms in total. The van der Waals surface area contributed by atoms with Crippen molar-refractivity contribution in [1.82, 2.24) is 0 Å². The van der Waals surface area contributed by atoms with Crippen LogP contribution in [0.3, 0.4) is 0 Å². The first-order valence-electron chi connectivity index (χ1n) is 22.9. The van der Waals surface area contributed by atoms with E-state index in [4.69, 9.17) is 18.9 Å². The fourth-order valence-corrected chi connectivity index (χ4v) is 6.91. The molecule has 0 radical (unpaired) electrons. The van der Waals surface area contributed by atoms with Gasteiger partial charge in [-0.05, 0) is 44.9 Å². The number of ether oxygens (including phenoxy) is 4. The molecule has 1 aliphatic heterocycles. The summed E-state index contributed by atoms with van der Waals surface area (Å²) in [5.74, 6) is -2.45. The van der Waals surface area contributed by atoms with E-state index in [-0.39, 0.29) is 19.4 Å². The lowest BCUT2D eigenvalue weighted by atomic mass is 9.99. The molecule has 1 rings (SSSR count). The van der Waals surface area contributed by atoms with E-state index in [1.807, 2.05) is 0 Å². The van der Waals surface area contributed by atoms with E-state index in [0.29, 0.717) is 12.8 Å². The van der Waals surface area contributed by atoms with Crippen LogP contribution < -0.4 is 0 Å². The molecule has 0 aromatic rings. The molecule has 1 heterocycles. The highest BCUT2D eigenvalue weighted by molar-refractivity contribution is 5.73. The molecule has 0 aromatic carbocycles. The number of carboxylic acids is 1. The van der Waals surface area contributed by atoms with Crippen LogP contribution in [0.5, 0.6) is 0 Å². The number of hydrogen-bond donors (Lipinski definition) is 4. The third kappa shape index (κ3) is 28.7. The molecular weight excluding hydrogens is 728 g/mol. The molecule has 0 amide bonds. The van der Waals surface area contributed by atoms with E-state index in [0.717, 1.165) is 57.8 Å². The molecule has 0 aliphatic carbocycles. The van der Waals surface area contributed by atoms with E-state index >= 15 is 0 Å². The minimum absolute atomic E-state index is 0.184. The van der Waals surface area contributed by atoms with Crippen molar-refractivity contribution in [3.05, 3.63) is 24.3 Å². The Kier molecular flexibility index (Phi) is 34.0. The number of carboxylic acid groups (broad SMARTS) is 1. The van der Waals surface area contributed by atoms with Crippen LogP contribution >= 0.6 is 0 Å². The summed E-state index contributed by atoms with van der Waals surface area (Å²) >= 11 is 0. The number of rotatable bonds is 38. The molecule has 11 heteroatoms. The fraction of sp³-hybridized carbons (Fsp3) is 0.848. The van der Waals surface area contributed by atoms with Crippen molar-refractivity contribution in [3.63, 3.8) is 0 Å². The van der Waals surface area contributed by atoms with Crippen molar-refractivity contribution < 1.29 is 53.8 Å². The monoisotopic (exact) mass is 811 g/mol. The number of unbranched alkanes of at least 4 members (excludes halogenated alkanes) is 23. The third-order valence-electron chi connectivity index (χ3n) is 10.6. The number of allylic oxidation sites excluding steroid dienone is 4. The first kappa shape index (κ1) is 52.7. The fourth-order valence-electron chi connectivity index (χ4n) is 6.91. The summed E-state index contributed by atoms with van der Waals surface area (Å²) in [5.41, 5.74) is 0. The van der Waals surface area contributed by atoms with Crippen molar-refractivity contribution >= 4 is 17.9 Å². The van der Waals surface area contributed by atoms with E-state index in [1.165, 1.54) is 103 Å². The molecule has 0 spiro atoms. The van der Waals surface area contributed by atoms with Gasteiger partial charge in [-0.15, -0.1) is 0 Å². The summed E-state index contributed by atoms with van der Waals surface area (Å²) < 4.78 is 21.7. The molecule has 0 bridgehead atoms. The van der Waals surface area contributed by atoms with E-state index in [2.05, 4.69) is 38.2 Å². The molecule has 0 saturated carbocycles. The van der Waals surface area contributed by atoms with Gasteiger partial charge in [-0.25, -0.2) is 4.79 Å². The van der Waals surface area contributed by atoms with Gasteiger partial charge in [0.1, 0.15) is 24.9 Å². The second-order valence-corrected chi connectivity index (χ2v) is 15.9. The van der Waals surface area contributed by atoms with Gasteiger partial charge in [0, 0.05) is 12.8 Å². The van der Waals surface area contributed by atoms with Crippen LogP contribution in [-0.2, 0) is 33.3 Å². The SMILES string of the molecule is CCCCCC/C=C\C/C=C\CCCCCCCC(=O)OCC(COC1OC(C(=O)O)C(O)C(O)C1O)OC(=O)CCCCCCCCCCCCCCCCC. The van der Waals surface area contributed by atoms with Gasteiger partial charge in [-0.2, -0.15) is 0 Å². The summed E-state index contributed by atoms with van der Waals surface area (Å²) in [5, 5.41) is 39.8. The van der Waals surface area contributed by atoms with Crippen LogP contribution in [0, 0.1) is 0 Å². The van der Waals surface area contributed by atoms with Crippen LogP contribution in [0.4, 0.5) is 0 Å². The van der Waals surface area contributed by atoms with Gasteiger partial charge in [0.25, 0.3) is 0 Å². The number of aliphatic hydroxyl groups is 3. The Morgan fingerprint density at radius 2 is 0.982 bits per heavy atom. The Balaban J connectivity index is 2.37. The van der Waals surface area contributed by atoms with Crippen molar-refractivity contribution in [2.24, 2.45) is 0 Å². The van der Waals surface area contributed by atoms with Gasteiger partial charge in [0.15, 0.2) is 18.5 Å². The Hall–Kier alpha value is -2.31. The maximum absolute atomic E-state index is 12.8. The highest BCUT2D eigenvalue weighted by Crippen LogP contribution is 2.23. The lowest BCUT2D eigenvalue weighted by Crippen LogP contribution is -2.60. The number of aliphatic hydroxyl groups excluding tert-OH is 3. The lowest BCUT2D eigenvalue weighted by molar-refractivity contribution is -0.298. The minimum atomic E-state index is -1.86. The van der Waals surface area contributed by atoms with Crippen molar-refractivity contribution in [1.29, 1.82) is 0 Å². The first-order chi connectivity index (χ1) is 27.7. The quantitative estimate of drug-likeness (QED) is 0.0266. The standard InChI is InChI=1S/C46H82O11/c1-3-5-7-9-11-13-15-17-19-21-22-24-26-28-30-32-34-39(47)54-36-38(37-55-46-43(51)41(49)42(50)44(57-46)45(52)53)56-40(48)35-33-31-29-27-25-23-20-18-16-14-12-10-8-6-4-2/h13,15,19,21,38,41-44,46,49-51H,3-12,14,16-18,20,22-37H2,1-2H3,(H,52,53)/b15-13-,21-19-. The average molecular weight is 811 g/mol. The molecule has 332 valence electrons. The molecule has 1 aliphatic rings. The summed E-state index contributed by atoms with van der Waals surface area (Å²) in [4.78, 5) is 36.8. The Morgan fingerprint density at radius 3 is 1.47 bits per heavy atom. The normalized spacial score (nSPS) is 20.3. The van der Waals surface area contributed by atoms with Crippen LogP contribution in [-0.4, -0.2) is 88.4 Å². The molecule has 4 N–H and O–H groups in total. The van der Waals surface area contributed by atoms with Crippen LogP contribution in [0.25, 0.3) is 0 Å². The molecule has 1 saturated heterocycles. The van der Waals surface area contributed by atoms with Crippen LogP contribution in [0.2, 0.25) is 0 Å². The van der Waals surface area contributed by atoms with Crippen molar-refractivity contribution in [2.75, 3.05) is 13.2 Å². The van der Waals surface area contributed by atoms with Crippen molar-refractivity contribution in [3.8, 4) is 0 Å². The zero-order valence-electron chi connectivity index (χ0n) is 35.8. The summed E-state index contributed by atoms with van der Waals surface area (Å²) in [6.45, 7) is 3.79. The first-order valence-corrected chi connectivity index (χ1v) is 22.9. The van der Waals surface area contributed by atoms with E-state index in [9.17, 15) is 34.8 Å². The van der Waals surface area contributed by atoms with Gasteiger partial charge < -0.3 is 39.4 Å². The second kappa shape index (κ2) is 36.7. The van der Waals surface area contributed by atoms with Gasteiger partial charge in [-0.1, -0.05) is 167 Å². The van der Waals surface area contributed by atoms with Gasteiger partial charge in [0.2, 0.25) is 0 Å². The zero-order valence-corrected chi connectivity index (χ0v) is 35.8. The highest BCUT2D eigenvalue weighted by Gasteiger charge is 2.47. The average Bonchev–Trinajstić information content (AvgIpc) is 3.19. The largest absolute Gasteiger partial charge is 0.479 e. The molecule has 1 fully saturated rings. The van der Waals surface area contributed by atoms with Gasteiger partial charge in [-0.3, -0.25) is 9.59 Å². The van der Waals surface area contributed by atoms with E-state index < -0.39 is 61.3 Å². The topological polar surface area (TPSA) is 169 Å². The second-order valence-electron chi connectivity index (χ2n) is 15.9. The molecule has 0 aromatic heterocycles. The van der Waals surface area contributed by atoms with Gasteiger partial charge >= 0.3 is 17.9 Å². The number of hydrogen-bond acceptors (Lipinski definition) is 10. The summed E-state index contributed by atoms with van der Waals surface area (Å²) in [6, 6.07) is 0. The van der Waals surface area contributed by atoms with Gasteiger partial charge in [0.05, 0.1) is 6.61 Å². The number of carbonyl (C=O) groups is 3. The number of aliphatic carboxylic acids is 1. The Bertz CT molecular complexity index is 1050. The van der Waals surface area contributed by atoms with Crippen LogP contribution in [0.1, 0.15) is 200 Å². The summed E-state index contributed by atoms with van der Waals surface area (Å²) in [6.07, 6.45) is 30.8. The molecule has 6 unspecified atom stereocenters. The van der Waals surface area contributed by atoms with Crippen molar-refractivity contribution in [2.45, 2.75) is 237 Å². The minimum Gasteiger partial charge on any atom is -0.479 e. The Labute approximate surface area is 345 Å². The predicted molar refractivity (Wildman–Crippen MR) is 225 cm³/mol. The summed E-state index contributed by atoms with van der Waals surface area (Å²) in [7, 11) is 0. The molecule has 57 heavy (non-hydrogen) atoms. The van der Waals surface area contributed by atoms with Crippen LogP contribution in [0.15, 0.2) is 24.3 Å². The Morgan fingerprint density at radius 1 is 0.544 bits per heavy atom. The van der Waals surface area contributed by atoms with E-state index in [1.54, 1.807) is 0 Å².